The Labute approximate surface area is 122 Å². The molecule has 0 bridgehead atoms. The van der Waals surface area contributed by atoms with Crippen molar-refractivity contribution in [3.8, 4) is 0 Å². The van der Waals surface area contributed by atoms with E-state index in [1.54, 1.807) is 0 Å². The topological polar surface area (TPSA) is 66.0 Å². The highest BCUT2D eigenvalue weighted by Crippen LogP contribution is 2.34. The van der Waals surface area contributed by atoms with Crippen molar-refractivity contribution in [2.45, 2.75) is 31.9 Å². The predicted octanol–water partition coefficient (Wildman–Crippen LogP) is 2.91. The van der Waals surface area contributed by atoms with Crippen molar-refractivity contribution in [3.05, 3.63) is 30.5 Å². The molecule has 5 nitrogen and oxygen atoms in total. The van der Waals surface area contributed by atoms with Gasteiger partial charge < -0.3 is 15.0 Å². The zero-order valence-corrected chi connectivity index (χ0v) is 12.0. The summed E-state index contributed by atoms with van der Waals surface area (Å²) in [5.74, 6) is 0.572. The number of para-hydroxylation sites is 1. The number of nitrogens with two attached hydrogens (primary N) is 1. The van der Waals surface area contributed by atoms with Crippen LogP contribution in [0.1, 0.15) is 25.8 Å². The third-order valence-electron chi connectivity index (χ3n) is 4.27. The number of benzene rings is 1. The standard InChI is InChI=1S/C16H18N4O/c1-10-8-11(6-7-21-10)20-15-12-4-2-3-5-13(12)18-9-14(15)19-16(20)17/h2-5,9-11H,6-8H2,1H3,(H2,17,19). The van der Waals surface area contributed by atoms with E-state index in [0.29, 0.717) is 12.0 Å². The minimum Gasteiger partial charge on any atom is -0.378 e. The lowest BCUT2D eigenvalue weighted by Gasteiger charge is -2.29. The highest BCUT2D eigenvalue weighted by atomic mass is 16.5. The maximum atomic E-state index is 6.20. The van der Waals surface area contributed by atoms with Crippen molar-refractivity contribution in [2.75, 3.05) is 12.3 Å². The van der Waals surface area contributed by atoms with Gasteiger partial charge in [0.15, 0.2) is 0 Å². The Morgan fingerprint density at radius 1 is 1.29 bits per heavy atom. The van der Waals surface area contributed by atoms with Crippen molar-refractivity contribution in [2.24, 2.45) is 0 Å². The molecule has 3 heterocycles. The number of fused-ring (bicyclic) bond motifs is 3. The van der Waals surface area contributed by atoms with Gasteiger partial charge in [0.1, 0.15) is 5.52 Å². The molecular weight excluding hydrogens is 264 g/mol. The number of anilines is 1. The number of nitrogen functional groups attached to an aromatic ring is 1. The minimum absolute atomic E-state index is 0.258. The smallest absolute Gasteiger partial charge is 0.201 e. The van der Waals surface area contributed by atoms with Gasteiger partial charge in [-0.2, -0.15) is 0 Å². The lowest BCUT2D eigenvalue weighted by atomic mass is 10.0. The summed E-state index contributed by atoms with van der Waals surface area (Å²) in [6.07, 6.45) is 4.00. The molecule has 0 aliphatic carbocycles. The van der Waals surface area contributed by atoms with E-state index in [2.05, 4.69) is 27.5 Å². The summed E-state index contributed by atoms with van der Waals surface area (Å²) in [5.41, 5.74) is 9.14. The fourth-order valence-corrected chi connectivity index (χ4v) is 3.32. The van der Waals surface area contributed by atoms with Crippen LogP contribution in [0.2, 0.25) is 0 Å². The number of ether oxygens (including phenoxy) is 1. The van der Waals surface area contributed by atoms with E-state index >= 15 is 0 Å². The van der Waals surface area contributed by atoms with Crippen LogP contribution in [0.5, 0.6) is 0 Å². The van der Waals surface area contributed by atoms with Gasteiger partial charge in [-0.1, -0.05) is 18.2 Å². The number of aromatic nitrogens is 3. The Morgan fingerprint density at radius 2 is 2.14 bits per heavy atom. The van der Waals surface area contributed by atoms with Gasteiger partial charge in [0.05, 0.1) is 23.3 Å². The summed E-state index contributed by atoms with van der Waals surface area (Å²) >= 11 is 0. The Bertz CT molecular complexity index is 810. The third-order valence-corrected chi connectivity index (χ3v) is 4.27. The average molecular weight is 282 g/mol. The van der Waals surface area contributed by atoms with E-state index in [9.17, 15) is 0 Å². The molecule has 108 valence electrons. The second-order valence-corrected chi connectivity index (χ2v) is 5.71. The molecule has 2 N–H and O–H groups in total. The molecule has 1 aliphatic rings. The van der Waals surface area contributed by atoms with Crippen LogP contribution in [0.3, 0.4) is 0 Å². The lowest BCUT2D eigenvalue weighted by Crippen LogP contribution is -2.26. The highest BCUT2D eigenvalue weighted by Gasteiger charge is 2.25. The molecule has 3 aromatic rings. The van der Waals surface area contributed by atoms with Crippen molar-refractivity contribution < 1.29 is 4.74 Å². The van der Waals surface area contributed by atoms with Crippen molar-refractivity contribution in [1.29, 1.82) is 0 Å². The summed E-state index contributed by atoms with van der Waals surface area (Å²) in [7, 11) is 0. The van der Waals surface area contributed by atoms with Crippen molar-refractivity contribution in [3.63, 3.8) is 0 Å². The monoisotopic (exact) mass is 282 g/mol. The molecule has 2 aromatic heterocycles. The third kappa shape index (κ3) is 1.96. The summed E-state index contributed by atoms with van der Waals surface area (Å²) in [6.45, 7) is 2.88. The second kappa shape index (κ2) is 4.70. The van der Waals surface area contributed by atoms with Gasteiger partial charge in [-0.05, 0) is 25.8 Å². The first-order valence-electron chi connectivity index (χ1n) is 7.37. The maximum absolute atomic E-state index is 6.20. The molecule has 2 unspecified atom stereocenters. The van der Waals surface area contributed by atoms with E-state index in [0.717, 1.165) is 41.4 Å². The first-order valence-corrected chi connectivity index (χ1v) is 7.37. The number of pyridine rings is 1. The van der Waals surface area contributed by atoms with Gasteiger partial charge in [-0.15, -0.1) is 0 Å². The van der Waals surface area contributed by atoms with Crippen molar-refractivity contribution >= 4 is 27.9 Å². The summed E-state index contributed by atoms with van der Waals surface area (Å²) in [4.78, 5) is 8.97. The van der Waals surface area contributed by atoms with Gasteiger partial charge in [-0.25, -0.2) is 4.98 Å². The first-order chi connectivity index (χ1) is 10.2. The molecule has 1 aliphatic heterocycles. The Morgan fingerprint density at radius 3 is 3.00 bits per heavy atom. The van der Waals surface area contributed by atoms with E-state index in [1.807, 2.05) is 24.4 Å². The van der Waals surface area contributed by atoms with E-state index in [1.165, 1.54) is 0 Å². The summed E-state index contributed by atoms with van der Waals surface area (Å²) < 4.78 is 7.84. The molecule has 2 atom stereocenters. The number of hydrogen-bond acceptors (Lipinski definition) is 4. The average Bonchev–Trinajstić information content (AvgIpc) is 2.83. The summed E-state index contributed by atoms with van der Waals surface area (Å²) in [6, 6.07) is 8.48. The van der Waals surface area contributed by atoms with Crippen molar-refractivity contribution in [1.82, 2.24) is 14.5 Å². The largest absolute Gasteiger partial charge is 0.378 e. The minimum atomic E-state index is 0.258. The van der Waals surface area contributed by atoms with Gasteiger partial charge in [0, 0.05) is 18.0 Å². The first kappa shape index (κ1) is 12.6. The van der Waals surface area contributed by atoms with Crippen LogP contribution < -0.4 is 5.73 Å². The van der Waals surface area contributed by atoms with Gasteiger partial charge in [0.25, 0.3) is 0 Å². The molecule has 1 fully saturated rings. The lowest BCUT2D eigenvalue weighted by molar-refractivity contribution is 0.00717. The Kier molecular flexibility index (Phi) is 2.82. The van der Waals surface area contributed by atoms with Crippen LogP contribution in [-0.2, 0) is 4.74 Å². The molecule has 1 aromatic carbocycles. The van der Waals surface area contributed by atoms with Gasteiger partial charge in [0.2, 0.25) is 5.95 Å². The van der Waals surface area contributed by atoms with Crippen LogP contribution in [-0.4, -0.2) is 27.2 Å². The van der Waals surface area contributed by atoms with Crippen LogP contribution >= 0.6 is 0 Å². The quantitative estimate of drug-likeness (QED) is 0.745. The van der Waals surface area contributed by atoms with Crippen LogP contribution in [0, 0.1) is 0 Å². The molecule has 0 spiro atoms. The van der Waals surface area contributed by atoms with Crippen LogP contribution in [0.15, 0.2) is 30.5 Å². The summed E-state index contributed by atoms with van der Waals surface area (Å²) in [5, 5.41) is 1.11. The SMILES string of the molecule is CC1CC(n2c(N)nc3cnc4ccccc4c32)CCO1. The van der Waals surface area contributed by atoms with E-state index in [4.69, 9.17) is 10.5 Å². The molecule has 5 heteroatoms. The zero-order valence-electron chi connectivity index (χ0n) is 12.0. The highest BCUT2D eigenvalue weighted by molar-refractivity contribution is 6.03. The Balaban J connectivity index is 1.98. The molecule has 0 radical (unpaired) electrons. The number of nitrogens with zero attached hydrogens (tertiary/aromatic N) is 3. The second-order valence-electron chi connectivity index (χ2n) is 5.71. The molecule has 4 rings (SSSR count). The zero-order chi connectivity index (χ0) is 14.4. The number of rotatable bonds is 1. The molecule has 1 saturated heterocycles. The predicted molar refractivity (Wildman–Crippen MR) is 83.1 cm³/mol. The Hall–Kier alpha value is -2.14. The van der Waals surface area contributed by atoms with Gasteiger partial charge >= 0.3 is 0 Å². The van der Waals surface area contributed by atoms with E-state index in [-0.39, 0.29) is 6.10 Å². The van der Waals surface area contributed by atoms with Gasteiger partial charge in [-0.3, -0.25) is 4.98 Å². The van der Waals surface area contributed by atoms with Crippen LogP contribution in [0.4, 0.5) is 5.95 Å². The molecule has 0 saturated carbocycles. The normalized spacial score (nSPS) is 22.9. The van der Waals surface area contributed by atoms with Crippen LogP contribution in [0.25, 0.3) is 21.9 Å². The number of hydrogen-bond donors (Lipinski definition) is 1. The molecule has 0 amide bonds. The number of imidazole rings is 1. The fraction of sp³-hybridized carbons (Fsp3) is 0.375. The fourth-order valence-electron chi connectivity index (χ4n) is 3.32. The van der Waals surface area contributed by atoms with E-state index < -0.39 is 0 Å². The molecular formula is C16H18N4O. The molecule has 21 heavy (non-hydrogen) atoms. The maximum Gasteiger partial charge on any atom is 0.201 e.